The Morgan fingerprint density at radius 3 is 2.46 bits per heavy atom. The summed E-state index contributed by atoms with van der Waals surface area (Å²) in [6.07, 6.45) is 3.09. The highest BCUT2D eigenvalue weighted by Gasteiger charge is 2.13. The molecule has 4 rings (SSSR count). The minimum atomic E-state index is -0.214. The van der Waals surface area contributed by atoms with Crippen molar-refractivity contribution in [2.24, 2.45) is 5.10 Å². The van der Waals surface area contributed by atoms with Gasteiger partial charge in [-0.15, -0.1) is 0 Å². The number of fused-ring (bicyclic) bond motifs is 1. The number of aromatic nitrogens is 2. The van der Waals surface area contributed by atoms with E-state index in [0.29, 0.717) is 41.3 Å². The van der Waals surface area contributed by atoms with Crippen molar-refractivity contribution in [3.05, 3.63) is 95.3 Å². The molecule has 0 radical (unpaired) electrons. The zero-order chi connectivity index (χ0) is 24.9. The molecule has 0 unspecified atom stereocenters. The first-order valence-electron chi connectivity index (χ1n) is 10.9. The van der Waals surface area contributed by atoms with E-state index >= 15 is 0 Å². The molecule has 0 atom stereocenters. The molecule has 0 saturated carbocycles. The highest BCUT2D eigenvalue weighted by Crippen LogP contribution is 2.33. The average molecular weight is 664 g/mol. The van der Waals surface area contributed by atoms with Gasteiger partial charge in [-0.25, -0.2) is 4.98 Å². The third-order valence-corrected chi connectivity index (χ3v) is 6.96. The highest BCUT2D eigenvalue weighted by molar-refractivity contribution is 9.11. The number of benzene rings is 3. The summed E-state index contributed by atoms with van der Waals surface area (Å²) in [6.45, 7) is 2.44. The van der Waals surface area contributed by atoms with Crippen molar-refractivity contribution in [2.75, 3.05) is 7.11 Å². The predicted molar refractivity (Wildman–Crippen MR) is 150 cm³/mol. The van der Waals surface area contributed by atoms with Crippen LogP contribution >= 0.6 is 47.8 Å². The van der Waals surface area contributed by atoms with E-state index in [1.807, 2.05) is 55.5 Å². The number of aryl methyl sites for hydroxylation is 1. The first kappa shape index (κ1) is 25.6. The lowest BCUT2D eigenvalue weighted by Crippen LogP contribution is -2.22. The topological polar surface area (TPSA) is 65.7 Å². The van der Waals surface area contributed by atoms with Gasteiger partial charge >= 0.3 is 0 Å². The second-order valence-electron chi connectivity index (χ2n) is 7.74. The molecule has 0 aliphatic heterocycles. The molecule has 35 heavy (non-hydrogen) atoms. The Bertz CT molecular complexity index is 1450. The fourth-order valence-corrected chi connectivity index (χ4v) is 4.53. The molecule has 1 heterocycles. The Morgan fingerprint density at radius 2 is 1.74 bits per heavy atom. The number of ether oxygens (including phenoxy) is 2. The van der Waals surface area contributed by atoms with Gasteiger partial charge in [-0.2, -0.15) is 9.78 Å². The maximum atomic E-state index is 13.2. The van der Waals surface area contributed by atoms with Gasteiger partial charge < -0.3 is 9.47 Å². The predicted octanol–water partition coefficient (Wildman–Crippen LogP) is 7.11. The van der Waals surface area contributed by atoms with Crippen LogP contribution in [0.5, 0.6) is 11.5 Å². The van der Waals surface area contributed by atoms with Gasteiger partial charge in [0.1, 0.15) is 12.4 Å². The van der Waals surface area contributed by atoms with Gasteiger partial charge in [-0.3, -0.25) is 4.79 Å². The monoisotopic (exact) mass is 661 g/mol. The molecular formula is C26H22Br3N3O3. The van der Waals surface area contributed by atoms with Crippen molar-refractivity contribution in [3.8, 4) is 11.5 Å². The molecule has 0 bridgehead atoms. The minimum absolute atomic E-state index is 0.214. The summed E-state index contributed by atoms with van der Waals surface area (Å²) in [5, 5.41) is 5.02. The Labute approximate surface area is 228 Å². The summed E-state index contributed by atoms with van der Waals surface area (Å²) in [4.78, 5) is 17.9. The van der Waals surface area contributed by atoms with Gasteiger partial charge in [0.05, 0.1) is 24.2 Å². The number of halogens is 3. The van der Waals surface area contributed by atoms with Gasteiger partial charge in [0.25, 0.3) is 5.56 Å². The smallest absolute Gasteiger partial charge is 0.282 e. The number of rotatable bonds is 8. The maximum Gasteiger partial charge on any atom is 0.282 e. The Morgan fingerprint density at radius 1 is 1.00 bits per heavy atom. The normalized spacial score (nSPS) is 11.3. The maximum absolute atomic E-state index is 13.2. The summed E-state index contributed by atoms with van der Waals surface area (Å²) in [7, 11) is 1.59. The molecule has 9 heteroatoms. The van der Waals surface area contributed by atoms with Crippen LogP contribution in [0.25, 0.3) is 10.9 Å². The Kier molecular flexibility index (Phi) is 8.41. The molecule has 0 saturated heterocycles. The molecule has 3 aromatic carbocycles. The Balaban J connectivity index is 1.67. The molecule has 4 aromatic rings. The molecule has 0 amide bonds. The zero-order valence-corrected chi connectivity index (χ0v) is 23.9. The first-order valence-corrected chi connectivity index (χ1v) is 13.3. The molecule has 0 fully saturated rings. The highest BCUT2D eigenvalue weighted by atomic mass is 79.9. The fourth-order valence-electron chi connectivity index (χ4n) is 3.48. The van der Waals surface area contributed by atoms with Crippen LogP contribution in [-0.2, 0) is 13.0 Å². The first-order chi connectivity index (χ1) is 16.9. The van der Waals surface area contributed by atoms with Crippen molar-refractivity contribution >= 4 is 64.9 Å². The average Bonchev–Trinajstić information content (AvgIpc) is 2.85. The summed E-state index contributed by atoms with van der Waals surface area (Å²) in [5.41, 5.74) is 2.22. The number of methoxy groups -OCH3 is 1. The Hall–Kier alpha value is -2.49. The molecule has 180 valence electrons. The van der Waals surface area contributed by atoms with Gasteiger partial charge in [0.2, 0.25) is 0 Å². The zero-order valence-electron chi connectivity index (χ0n) is 19.1. The van der Waals surface area contributed by atoms with Crippen LogP contribution in [0, 0.1) is 0 Å². The van der Waals surface area contributed by atoms with Crippen molar-refractivity contribution in [1.29, 1.82) is 0 Å². The SMILES string of the molecule is CCCc1nc2ccc(Br)cc2c(=O)n1N=Cc1cc(OC)c(OCc2ccc(Br)cc2)cc1Br. The van der Waals surface area contributed by atoms with E-state index in [4.69, 9.17) is 9.47 Å². The molecule has 0 N–H and O–H groups in total. The van der Waals surface area contributed by atoms with Crippen LogP contribution < -0.4 is 15.0 Å². The number of hydrogen-bond acceptors (Lipinski definition) is 5. The van der Waals surface area contributed by atoms with E-state index < -0.39 is 0 Å². The molecule has 6 nitrogen and oxygen atoms in total. The van der Waals surface area contributed by atoms with Gasteiger partial charge in [-0.1, -0.05) is 50.9 Å². The van der Waals surface area contributed by atoms with E-state index in [9.17, 15) is 4.79 Å². The molecule has 1 aromatic heterocycles. The van der Waals surface area contributed by atoms with E-state index in [1.54, 1.807) is 19.4 Å². The van der Waals surface area contributed by atoms with Gasteiger partial charge in [-0.05, 0) is 70.4 Å². The van der Waals surface area contributed by atoms with Crippen LogP contribution in [0.4, 0.5) is 0 Å². The minimum Gasteiger partial charge on any atom is -0.493 e. The van der Waals surface area contributed by atoms with E-state index in [-0.39, 0.29) is 5.56 Å². The lowest BCUT2D eigenvalue weighted by molar-refractivity contribution is 0.284. The second kappa shape index (κ2) is 11.5. The van der Waals surface area contributed by atoms with Crippen LogP contribution in [0.1, 0.15) is 30.3 Å². The van der Waals surface area contributed by atoms with Gasteiger partial charge in [0, 0.05) is 25.4 Å². The van der Waals surface area contributed by atoms with Crippen molar-refractivity contribution in [1.82, 2.24) is 9.66 Å². The fraction of sp³-hybridized carbons (Fsp3) is 0.192. The lowest BCUT2D eigenvalue weighted by Gasteiger charge is -2.13. The van der Waals surface area contributed by atoms with Crippen LogP contribution in [-0.4, -0.2) is 23.0 Å². The standard InChI is InChI=1S/C26H22Br3N3O3/c1-3-4-25-31-22-10-9-19(28)12-20(22)26(33)32(25)30-14-17-11-23(34-2)24(13-21(17)29)35-15-16-5-7-18(27)8-6-16/h5-14H,3-4,15H2,1-2H3. The summed E-state index contributed by atoms with van der Waals surface area (Å²) < 4.78 is 15.5. The quantitative estimate of drug-likeness (QED) is 0.189. The third kappa shape index (κ3) is 6.02. The molecular weight excluding hydrogens is 642 g/mol. The lowest BCUT2D eigenvalue weighted by atomic mass is 10.2. The van der Waals surface area contributed by atoms with Crippen molar-refractivity contribution in [2.45, 2.75) is 26.4 Å². The number of nitrogens with zero attached hydrogens (tertiary/aromatic N) is 3. The number of hydrogen-bond donors (Lipinski definition) is 0. The third-order valence-electron chi connectivity index (χ3n) is 5.25. The van der Waals surface area contributed by atoms with Crippen molar-refractivity contribution < 1.29 is 9.47 Å². The molecule has 0 spiro atoms. The van der Waals surface area contributed by atoms with Crippen LogP contribution in [0.2, 0.25) is 0 Å². The molecule has 0 aliphatic rings. The summed E-state index contributed by atoms with van der Waals surface area (Å²) in [6, 6.07) is 17.1. The van der Waals surface area contributed by atoms with Crippen molar-refractivity contribution in [3.63, 3.8) is 0 Å². The van der Waals surface area contributed by atoms with E-state index in [2.05, 4.69) is 57.9 Å². The summed E-state index contributed by atoms with van der Waals surface area (Å²) >= 11 is 10.5. The van der Waals surface area contributed by atoms with E-state index in [0.717, 1.165) is 31.0 Å². The largest absolute Gasteiger partial charge is 0.493 e. The molecule has 0 aliphatic carbocycles. The van der Waals surface area contributed by atoms with Crippen LogP contribution in [0.3, 0.4) is 0 Å². The van der Waals surface area contributed by atoms with Gasteiger partial charge in [0.15, 0.2) is 11.5 Å². The van der Waals surface area contributed by atoms with Crippen LogP contribution in [0.15, 0.2) is 77.9 Å². The second-order valence-corrected chi connectivity index (χ2v) is 10.4. The summed E-state index contributed by atoms with van der Waals surface area (Å²) in [5.74, 6) is 1.77. The van der Waals surface area contributed by atoms with E-state index in [1.165, 1.54) is 4.68 Å².